The quantitative estimate of drug-likeness (QED) is 0.544. The number of nitrogens with one attached hydrogen (secondary N) is 1. The van der Waals surface area contributed by atoms with Crippen LogP contribution in [0.2, 0.25) is 0 Å². The fourth-order valence-electron chi connectivity index (χ4n) is 2.71. The molecule has 0 saturated heterocycles. The van der Waals surface area contributed by atoms with Gasteiger partial charge in [0.1, 0.15) is 0 Å². The van der Waals surface area contributed by atoms with Gasteiger partial charge in [0.2, 0.25) is 0 Å². The summed E-state index contributed by atoms with van der Waals surface area (Å²) in [4.78, 5) is 9.26. The largest absolute Gasteiger partial charge is 0.356 e. The van der Waals surface area contributed by atoms with E-state index in [1.54, 1.807) is 0 Å². The SMILES string of the molecule is C1=CC(=Nc2ccc(Nc3ccccc3)cc2)C=CC1=Nc1ccccc1. The molecule has 0 bridgehead atoms. The van der Waals surface area contributed by atoms with E-state index in [0.29, 0.717) is 0 Å². The standard InChI is InChI=1S/C24H19N3/c1-3-7-19(8-4-1)25-21-11-15-23(16-12-21)27-24-17-13-22(14-18-24)26-20-9-5-2-6-10-20/h1-18,25H. The molecule has 0 unspecified atom stereocenters. The zero-order valence-corrected chi connectivity index (χ0v) is 14.8. The molecule has 1 aliphatic rings. The number of benzene rings is 3. The van der Waals surface area contributed by atoms with Crippen LogP contribution in [0.3, 0.4) is 0 Å². The number of hydrogen-bond donors (Lipinski definition) is 1. The predicted octanol–water partition coefficient (Wildman–Crippen LogP) is 6.40. The first-order valence-corrected chi connectivity index (χ1v) is 8.86. The predicted molar refractivity (Wildman–Crippen MR) is 115 cm³/mol. The summed E-state index contributed by atoms with van der Waals surface area (Å²) < 4.78 is 0. The number of anilines is 2. The zero-order valence-electron chi connectivity index (χ0n) is 14.8. The molecule has 0 spiro atoms. The molecule has 0 amide bonds. The third kappa shape index (κ3) is 4.67. The minimum atomic E-state index is 0.908. The van der Waals surface area contributed by atoms with Gasteiger partial charge in [-0.25, -0.2) is 9.98 Å². The molecule has 130 valence electrons. The molecule has 3 heteroatoms. The lowest BCUT2D eigenvalue weighted by Gasteiger charge is -2.07. The Morgan fingerprint density at radius 3 is 1.44 bits per heavy atom. The zero-order chi connectivity index (χ0) is 18.3. The van der Waals surface area contributed by atoms with Crippen molar-refractivity contribution in [3.63, 3.8) is 0 Å². The van der Waals surface area contributed by atoms with Crippen molar-refractivity contribution in [1.29, 1.82) is 0 Å². The van der Waals surface area contributed by atoms with E-state index in [1.807, 2.05) is 109 Å². The molecule has 3 aromatic rings. The Morgan fingerprint density at radius 1 is 0.444 bits per heavy atom. The van der Waals surface area contributed by atoms with Crippen LogP contribution < -0.4 is 5.32 Å². The summed E-state index contributed by atoms with van der Waals surface area (Å²) in [6.45, 7) is 0. The molecule has 1 aliphatic carbocycles. The van der Waals surface area contributed by atoms with Gasteiger partial charge in [0.15, 0.2) is 0 Å². The first-order valence-electron chi connectivity index (χ1n) is 8.86. The molecule has 3 aromatic carbocycles. The van der Waals surface area contributed by atoms with Gasteiger partial charge >= 0.3 is 0 Å². The minimum absolute atomic E-state index is 0.908. The van der Waals surface area contributed by atoms with Crippen LogP contribution in [0.1, 0.15) is 0 Å². The average molecular weight is 349 g/mol. The molecule has 0 saturated carbocycles. The second-order valence-electron chi connectivity index (χ2n) is 6.11. The fourth-order valence-corrected chi connectivity index (χ4v) is 2.71. The van der Waals surface area contributed by atoms with E-state index in [4.69, 9.17) is 0 Å². The highest BCUT2D eigenvalue weighted by Gasteiger charge is 2.01. The van der Waals surface area contributed by atoms with Gasteiger partial charge in [0.25, 0.3) is 0 Å². The normalized spacial score (nSPS) is 12.7. The molecule has 0 fully saturated rings. The van der Waals surface area contributed by atoms with Crippen molar-refractivity contribution in [2.45, 2.75) is 0 Å². The molecule has 0 aliphatic heterocycles. The summed E-state index contributed by atoms with van der Waals surface area (Å²) in [7, 11) is 0. The molecule has 0 heterocycles. The van der Waals surface area contributed by atoms with Gasteiger partial charge in [-0.2, -0.15) is 0 Å². The molecule has 4 rings (SSSR count). The van der Waals surface area contributed by atoms with Gasteiger partial charge in [0.05, 0.1) is 22.8 Å². The van der Waals surface area contributed by atoms with Gasteiger partial charge in [-0.05, 0) is 72.8 Å². The number of hydrogen-bond acceptors (Lipinski definition) is 3. The van der Waals surface area contributed by atoms with Crippen LogP contribution in [0.25, 0.3) is 0 Å². The molecule has 0 atom stereocenters. The second-order valence-corrected chi connectivity index (χ2v) is 6.11. The number of para-hydroxylation sites is 2. The maximum absolute atomic E-state index is 4.67. The lowest BCUT2D eigenvalue weighted by molar-refractivity contribution is 1.49. The van der Waals surface area contributed by atoms with Crippen molar-refractivity contribution in [2.75, 3.05) is 5.32 Å². The van der Waals surface area contributed by atoms with E-state index in [0.717, 1.165) is 34.2 Å². The summed E-state index contributed by atoms with van der Waals surface area (Å²) in [5.74, 6) is 0. The van der Waals surface area contributed by atoms with E-state index in [2.05, 4.69) is 15.3 Å². The van der Waals surface area contributed by atoms with Crippen molar-refractivity contribution in [2.24, 2.45) is 9.98 Å². The topological polar surface area (TPSA) is 36.8 Å². The van der Waals surface area contributed by atoms with E-state index in [9.17, 15) is 0 Å². The minimum Gasteiger partial charge on any atom is -0.356 e. The lowest BCUT2D eigenvalue weighted by atomic mass is 10.1. The summed E-state index contributed by atoms with van der Waals surface area (Å²) in [5.41, 5.74) is 5.80. The van der Waals surface area contributed by atoms with Crippen LogP contribution in [0.4, 0.5) is 22.7 Å². The van der Waals surface area contributed by atoms with Gasteiger partial charge in [-0.1, -0.05) is 36.4 Å². The van der Waals surface area contributed by atoms with Crippen LogP contribution in [-0.2, 0) is 0 Å². The Kier molecular flexibility index (Phi) is 5.02. The van der Waals surface area contributed by atoms with E-state index >= 15 is 0 Å². The van der Waals surface area contributed by atoms with Crippen LogP contribution in [0, 0.1) is 0 Å². The summed E-state index contributed by atoms with van der Waals surface area (Å²) in [6, 6.07) is 28.1. The molecule has 27 heavy (non-hydrogen) atoms. The van der Waals surface area contributed by atoms with Crippen molar-refractivity contribution >= 4 is 34.2 Å². The average Bonchev–Trinajstić information content (AvgIpc) is 2.73. The molecule has 0 aromatic heterocycles. The Hall–Kier alpha value is -3.72. The first-order chi connectivity index (χ1) is 13.3. The van der Waals surface area contributed by atoms with E-state index < -0.39 is 0 Å². The molecule has 0 radical (unpaired) electrons. The Labute approximate surface area is 159 Å². The smallest absolute Gasteiger partial charge is 0.0638 e. The fraction of sp³-hybridized carbons (Fsp3) is 0. The van der Waals surface area contributed by atoms with E-state index in [-0.39, 0.29) is 0 Å². The lowest BCUT2D eigenvalue weighted by Crippen LogP contribution is -1.99. The molecule has 1 N–H and O–H groups in total. The number of nitrogens with zero attached hydrogens (tertiary/aromatic N) is 2. The molecular formula is C24H19N3. The second kappa shape index (κ2) is 8.11. The summed E-state index contributed by atoms with van der Waals surface area (Å²) in [6.07, 6.45) is 7.93. The van der Waals surface area contributed by atoms with E-state index in [1.165, 1.54) is 0 Å². The van der Waals surface area contributed by atoms with Crippen LogP contribution in [0.5, 0.6) is 0 Å². The summed E-state index contributed by atoms with van der Waals surface area (Å²) in [5, 5.41) is 3.37. The van der Waals surface area contributed by atoms with Gasteiger partial charge in [0, 0.05) is 11.4 Å². The van der Waals surface area contributed by atoms with Crippen molar-refractivity contribution < 1.29 is 0 Å². The maximum Gasteiger partial charge on any atom is 0.0638 e. The maximum atomic E-state index is 4.67. The van der Waals surface area contributed by atoms with Crippen molar-refractivity contribution in [3.05, 3.63) is 109 Å². The monoisotopic (exact) mass is 349 g/mol. The van der Waals surface area contributed by atoms with Crippen LogP contribution in [0.15, 0.2) is 119 Å². The van der Waals surface area contributed by atoms with Crippen molar-refractivity contribution in [1.82, 2.24) is 0 Å². The highest BCUT2D eigenvalue weighted by Crippen LogP contribution is 2.21. The molecular weight excluding hydrogens is 330 g/mol. The highest BCUT2D eigenvalue weighted by molar-refractivity contribution is 6.19. The van der Waals surface area contributed by atoms with Crippen molar-refractivity contribution in [3.8, 4) is 0 Å². The number of aliphatic imine (C=N–C) groups is 2. The summed E-state index contributed by atoms with van der Waals surface area (Å²) >= 11 is 0. The Balaban J connectivity index is 1.43. The van der Waals surface area contributed by atoms with Crippen LogP contribution in [-0.4, -0.2) is 11.4 Å². The molecule has 3 nitrogen and oxygen atoms in total. The van der Waals surface area contributed by atoms with Gasteiger partial charge in [-0.3, -0.25) is 0 Å². The number of allylic oxidation sites excluding steroid dienone is 4. The Morgan fingerprint density at radius 2 is 0.889 bits per heavy atom. The third-order valence-corrected chi connectivity index (χ3v) is 4.05. The Bertz CT molecular complexity index is 994. The number of rotatable bonds is 4. The highest BCUT2D eigenvalue weighted by atomic mass is 14.9. The van der Waals surface area contributed by atoms with Gasteiger partial charge < -0.3 is 5.32 Å². The first kappa shape index (κ1) is 16.7. The van der Waals surface area contributed by atoms with Crippen LogP contribution >= 0.6 is 0 Å². The van der Waals surface area contributed by atoms with Gasteiger partial charge in [-0.15, -0.1) is 0 Å². The third-order valence-electron chi connectivity index (χ3n) is 4.05.